The Kier molecular flexibility index (Phi) is 5.36. The van der Waals surface area contributed by atoms with Crippen LogP contribution in [0.25, 0.3) is 0 Å². The number of hydrogen-bond acceptors (Lipinski definition) is 1. The van der Waals surface area contributed by atoms with Gasteiger partial charge in [-0.1, -0.05) is 76.4 Å². The molecule has 0 amide bonds. The van der Waals surface area contributed by atoms with E-state index in [1.807, 2.05) is 24.3 Å². The number of hydrogen-bond donors (Lipinski definition) is 0. The van der Waals surface area contributed by atoms with Gasteiger partial charge in [0.2, 0.25) is 0 Å². The molecule has 0 bridgehead atoms. The van der Waals surface area contributed by atoms with E-state index in [2.05, 4.69) is 35.0 Å². The first-order valence-electron chi connectivity index (χ1n) is 6.26. The van der Waals surface area contributed by atoms with Crippen molar-refractivity contribution in [3.05, 3.63) is 63.6 Å². The largest absolute Gasteiger partial charge is 0.495 e. The van der Waals surface area contributed by atoms with Gasteiger partial charge in [-0.2, -0.15) is 0 Å². The molecular formula is C16H15BrCl2O. The van der Waals surface area contributed by atoms with E-state index in [1.54, 1.807) is 13.2 Å². The third-order valence-electron chi connectivity index (χ3n) is 3.33. The third kappa shape index (κ3) is 3.30. The van der Waals surface area contributed by atoms with E-state index >= 15 is 0 Å². The summed E-state index contributed by atoms with van der Waals surface area (Å²) in [7, 11) is 1.58. The van der Waals surface area contributed by atoms with Crippen LogP contribution >= 0.6 is 39.1 Å². The topological polar surface area (TPSA) is 9.23 Å². The van der Waals surface area contributed by atoms with Crippen LogP contribution in [-0.4, -0.2) is 7.11 Å². The van der Waals surface area contributed by atoms with Gasteiger partial charge in [0.05, 0.1) is 12.1 Å². The first-order valence-corrected chi connectivity index (χ1v) is 7.93. The molecule has 0 aliphatic heterocycles. The smallest absolute Gasteiger partial charge is 0.138 e. The summed E-state index contributed by atoms with van der Waals surface area (Å²) in [6.07, 6.45) is 0. The fourth-order valence-electron chi connectivity index (χ4n) is 2.11. The van der Waals surface area contributed by atoms with Gasteiger partial charge in [0, 0.05) is 15.9 Å². The molecule has 0 saturated carbocycles. The van der Waals surface area contributed by atoms with E-state index in [-0.39, 0.29) is 10.7 Å². The lowest BCUT2D eigenvalue weighted by Crippen LogP contribution is -2.03. The van der Waals surface area contributed by atoms with Crippen LogP contribution in [0.2, 0.25) is 10.0 Å². The van der Waals surface area contributed by atoms with Crippen molar-refractivity contribution in [3.8, 4) is 5.75 Å². The summed E-state index contributed by atoms with van der Waals surface area (Å²) in [6, 6.07) is 13.9. The first-order chi connectivity index (χ1) is 9.54. The first kappa shape index (κ1) is 15.7. The van der Waals surface area contributed by atoms with Gasteiger partial charge in [0.15, 0.2) is 0 Å². The minimum Gasteiger partial charge on any atom is -0.495 e. The standard InChI is InChI=1S/C16H15BrCl2O/c1-10(11-6-4-3-5-7-11)16(17)12-8-14(19)15(20-2)9-13(12)18/h3-10,16H,1-2H3. The van der Waals surface area contributed by atoms with Gasteiger partial charge >= 0.3 is 0 Å². The van der Waals surface area contributed by atoms with Crippen molar-refractivity contribution >= 4 is 39.1 Å². The van der Waals surface area contributed by atoms with Crippen molar-refractivity contribution in [1.29, 1.82) is 0 Å². The highest BCUT2D eigenvalue weighted by Crippen LogP contribution is 2.43. The summed E-state index contributed by atoms with van der Waals surface area (Å²) in [6.45, 7) is 2.16. The van der Waals surface area contributed by atoms with Crippen LogP contribution in [0.3, 0.4) is 0 Å². The predicted octanol–water partition coefficient (Wildman–Crippen LogP) is 6.24. The molecule has 20 heavy (non-hydrogen) atoms. The van der Waals surface area contributed by atoms with Crippen LogP contribution in [0.15, 0.2) is 42.5 Å². The zero-order valence-corrected chi connectivity index (χ0v) is 14.3. The molecule has 1 nitrogen and oxygen atoms in total. The molecule has 0 radical (unpaired) electrons. The molecular weight excluding hydrogens is 359 g/mol. The number of methoxy groups -OCH3 is 1. The lowest BCUT2D eigenvalue weighted by molar-refractivity contribution is 0.415. The Morgan fingerprint density at radius 2 is 1.70 bits per heavy atom. The highest BCUT2D eigenvalue weighted by Gasteiger charge is 2.21. The maximum absolute atomic E-state index is 6.34. The second kappa shape index (κ2) is 6.84. The molecule has 4 heteroatoms. The quantitative estimate of drug-likeness (QED) is 0.576. The summed E-state index contributed by atoms with van der Waals surface area (Å²) in [5, 5.41) is 1.22. The summed E-state index contributed by atoms with van der Waals surface area (Å²) in [4.78, 5) is 0.0841. The average Bonchev–Trinajstić information content (AvgIpc) is 2.48. The Bertz CT molecular complexity index is 587. The number of halogens is 3. The van der Waals surface area contributed by atoms with Gasteiger partial charge in [-0.3, -0.25) is 0 Å². The molecule has 0 fully saturated rings. The Labute approximate surface area is 138 Å². The molecule has 0 heterocycles. The lowest BCUT2D eigenvalue weighted by Gasteiger charge is -2.21. The maximum Gasteiger partial charge on any atom is 0.138 e. The van der Waals surface area contributed by atoms with Crippen molar-refractivity contribution < 1.29 is 4.74 Å². The van der Waals surface area contributed by atoms with Gasteiger partial charge in [0.25, 0.3) is 0 Å². The molecule has 2 aromatic carbocycles. The highest BCUT2D eigenvalue weighted by atomic mass is 79.9. The average molecular weight is 374 g/mol. The second-order valence-electron chi connectivity index (χ2n) is 4.61. The fraction of sp³-hybridized carbons (Fsp3) is 0.250. The van der Waals surface area contributed by atoms with Gasteiger partial charge in [-0.25, -0.2) is 0 Å². The molecule has 2 aromatic rings. The zero-order valence-electron chi connectivity index (χ0n) is 11.2. The van der Waals surface area contributed by atoms with Crippen molar-refractivity contribution in [1.82, 2.24) is 0 Å². The molecule has 2 unspecified atom stereocenters. The molecule has 2 atom stereocenters. The van der Waals surface area contributed by atoms with Crippen LogP contribution in [0.4, 0.5) is 0 Å². The van der Waals surface area contributed by atoms with E-state index in [1.165, 1.54) is 5.56 Å². The molecule has 0 aromatic heterocycles. The van der Waals surface area contributed by atoms with Gasteiger partial charge in [-0.05, 0) is 23.1 Å². The summed E-state index contributed by atoms with van der Waals surface area (Å²) in [5.41, 5.74) is 2.21. The Morgan fingerprint density at radius 1 is 1.05 bits per heavy atom. The molecule has 0 aliphatic carbocycles. The SMILES string of the molecule is COc1cc(Cl)c(C(Br)C(C)c2ccccc2)cc1Cl. The fourth-order valence-corrected chi connectivity index (χ4v) is 3.44. The zero-order chi connectivity index (χ0) is 14.7. The number of rotatable bonds is 4. The molecule has 106 valence electrons. The predicted molar refractivity (Wildman–Crippen MR) is 89.5 cm³/mol. The van der Waals surface area contributed by atoms with E-state index < -0.39 is 0 Å². The van der Waals surface area contributed by atoms with Crippen molar-refractivity contribution in [2.24, 2.45) is 0 Å². The van der Waals surface area contributed by atoms with Crippen LogP contribution in [0, 0.1) is 0 Å². The van der Waals surface area contributed by atoms with E-state index in [9.17, 15) is 0 Å². The Hall–Kier alpha value is -0.700. The van der Waals surface area contributed by atoms with Gasteiger partial charge < -0.3 is 4.74 Å². The van der Waals surface area contributed by atoms with Crippen LogP contribution in [-0.2, 0) is 0 Å². The summed E-state index contributed by atoms with van der Waals surface area (Å²) >= 11 is 16.3. The maximum atomic E-state index is 6.34. The summed E-state index contributed by atoms with van der Waals surface area (Å²) in [5.74, 6) is 0.866. The van der Waals surface area contributed by atoms with Crippen LogP contribution in [0.1, 0.15) is 28.8 Å². The summed E-state index contributed by atoms with van der Waals surface area (Å²) < 4.78 is 5.17. The van der Waals surface area contributed by atoms with Crippen molar-refractivity contribution in [2.75, 3.05) is 7.11 Å². The van der Waals surface area contributed by atoms with Crippen molar-refractivity contribution in [3.63, 3.8) is 0 Å². The van der Waals surface area contributed by atoms with E-state index in [0.717, 1.165) is 5.56 Å². The number of ether oxygens (including phenoxy) is 1. The van der Waals surface area contributed by atoms with Crippen LogP contribution < -0.4 is 4.74 Å². The molecule has 2 rings (SSSR count). The highest BCUT2D eigenvalue weighted by molar-refractivity contribution is 9.09. The molecule has 0 N–H and O–H groups in total. The van der Waals surface area contributed by atoms with Crippen molar-refractivity contribution in [2.45, 2.75) is 17.7 Å². The molecule has 0 saturated heterocycles. The lowest BCUT2D eigenvalue weighted by atomic mass is 9.93. The number of alkyl halides is 1. The molecule has 0 aliphatic rings. The third-order valence-corrected chi connectivity index (χ3v) is 5.24. The van der Waals surface area contributed by atoms with E-state index in [4.69, 9.17) is 27.9 Å². The Balaban J connectivity index is 2.34. The molecule has 0 spiro atoms. The normalized spacial score (nSPS) is 13.8. The van der Waals surface area contributed by atoms with Crippen LogP contribution in [0.5, 0.6) is 5.75 Å². The van der Waals surface area contributed by atoms with Gasteiger partial charge in [-0.15, -0.1) is 0 Å². The minimum atomic E-state index is 0.0841. The second-order valence-corrected chi connectivity index (χ2v) is 6.41. The van der Waals surface area contributed by atoms with Gasteiger partial charge in [0.1, 0.15) is 5.75 Å². The van der Waals surface area contributed by atoms with E-state index in [0.29, 0.717) is 15.8 Å². The monoisotopic (exact) mass is 372 g/mol. The number of benzene rings is 2. The Morgan fingerprint density at radius 3 is 2.30 bits per heavy atom. The minimum absolute atomic E-state index is 0.0841.